The van der Waals surface area contributed by atoms with E-state index >= 15 is 0 Å². The van der Waals surface area contributed by atoms with Crippen LogP contribution in [0, 0.1) is 0 Å². The summed E-state index contributed by atoms with van der Waals surface area (Å²) >= 11 is 0. The largest absolute Gasteiger partial charge is 0.301 e. The van der Waals surface area contributed by atoms with E-state index in [4.69, 9.17) is 5.14 Å². The Bertz CT molecular complexity index is 654. The van der Waals surface area contributed by atoms with E-state index in [0.717, 1.165) is 0 Å². The number of hydrogen-bond donors (Lipinski definition) is 3. The lowest BCUT2D eigenvalue weighted by atomic mass is 10.3. The fourth-order valence-corrected chi connectivity index (χ4v) is 3.28. The van der Waals surface area contributed by atoms with Crippen LogP contribution < -0.4 is 14.6 Å². The molecule has 0 aromatic heterocycles. The van der Waals surface area contributed by atoms with Crippen molar-refractivity contribution < 1.29 is 16.8 Å². The molecule has 20 heavy (non-hydrogen) atoms. The molecule has 114 valence electrons. The van der Waals surface area contributed by atoms with Crippen molar-refractivity contribution in [3.8, 4) is 0 Å². The van der Waals surface area contributed by atoms with Crippen molar-refractivity contribution in [1.29, 1.82) is 0 Å². The summed E-state index contributed by atoms with van der Waals surface area (Å²) in [6, 6.07) is 5.81. The predicted octanol–water partition coefficient (Wildman–Crippen LogP) is 0.301. The summed E-state index contributed by atoms with van der Waals surface area (Å²) in [4.78, 5) is 0. The van der Waals surface area contributed by atoms with E-state index < -0.39 is 20.4 Å². The second-order valence-electron chi connectivity index (χ2n) is 3.92. The third kappa shape index (κ3) is 4.96. The quantitative estimate of drug-likeness (QED) is 0.668. The number of nitrogens with zero attached hydrogens (tertiary/aromatic N) is 1. The van der Waals surface area contributed by atoms with Gasteiger partial charge in [0.1, 0.15) is 0 Å². The van der Waals surface area contributed by atoms with Gasteiger partial charge in [0.15, 0.2) is 0 Å². The molecule has 0 fully saturated rings. The van der Waals surface area contributed by atoms with Gasteiger partial charge in [0.05, 0.1) is 11.4 Å². The van der Waals surface area contributed by atoms with E-state index in [9.17, 15) is 16.8 Å². The molecule has 10 heteroatoms. The van der Waals surface area contributed by atoms with Gasteiger partial charge >= 0.3 is 10.2 Å². The Balaban J connectivity index is 2.97. The van der Waals surface area contributed by atoms with Crippen molar-refractivity contribution in [2.75, 3.05) is 22.5 Å². The molecule has 0 saturated heterocycles. The Kier molecular flexibility index (Phi) is 5.34. The van der Waals surface area contributed by atoms with Gasteiger partial charge in [-0.25, -0.2) is 5.14 Å². The monoisotopic (exact) mass is 322 g/mol. The van der Waals surface area contributed by atoms with E-state index in [1.165, 1.54) is 28.6 Å². The highest BCUT2D eigenvalue weighted by Gasteiger charge is 2.18. The number of nitrogens with one attached hydrogen (secondary N) is 2. The van der Waals surface area contributed by atoms with Crippen molar-refractivity contribution in [3.05, 3.63) is 24.3 Å². The van der Waals surface area contributed by atoms with Gasteiger partial charge in [-0.15, -0.1) is 0 Å². The lowest BCUT2D eigenvalue weighted by Crippen LogP contribution is -2.35. The van der Waals surface area contributed by atoms with Crippen LogP contribution in [0.25, 0.3) is 0 Å². The number of nitrogens with two attached hydrogens (primary N) is 1. The van der Waals surface area contributed by atoms with E-state index in [1.54, 1.807) is 13.8 Å². The molecule has 0 heterocycles. The van der Waals surface area contributed by atoms with Gasteiger partial charge in [-0.05, 0) is 18.2 Å². The molecule has 0 saturated carbocycles. The zero-order valence-electron chi connectivity index (χ0n) is 11.2. The fraction of sp³-hybridized carbons (Fsp3) is 0.400. The van der Waals surface area contributed by atoms with E-state index in [2.05, 4.69) is 9.44 Å². The third-order valence-corrected chi connectivity index (χ3v) is 4.62. The molecule has 1 aromatic rings. The molecular weight excluding hydrogens is 304 g/mol. The van der Waals surface area contributed by atoms with Crippen LogP contribution in [-0.2, 0) is 20.4 Å². The van der Waals surface area contributed by atoms with Gasteiger partial charge in [-0.3, -0.25) is 9.44 Å². The second kappa shape index (κ2) is 6.39. The zero-order chi connectivity index (χ0) is 15.4. The highest BCUT2D eigenvalue weighted by atomic mass is 32.2. The molecule has 0 aliphatic rings. The minimum atomic E-state index is -3.90. The van der Waals surface area contributed by atoms with Gasteiger partial charge in [-0.1, -0.05) is 19.9 Å². The highest BCUT2D eigenvalue weighted by molar-refractivity contribution is 7.90. The van der Waals surface area contributed by atoms with Crippen LogP contribution in [0.2, 0.25) is 0 Å². The number of hydrogen-bond acceptors (Lipinski definition) is 4. The summed E-state index contributed by atoms with van der Waals surface area (Å²) in [5, 5.41) is 4.85. The first-order valence-corrected chi connectivity index (χ1v) is 8.85. The van der Waals surface area contributed by atoms with Crippen molar-refractivity contribution in [3.63, 3.8) is 0 Å². The molecule has 0 bridgehead atoms. The maximum Gasteiger partial charge on any atom is 0.301 e. The average Bonchev–Trinajstić information content (AvgIpc) is 2.27. The van der Waals surface area contributed by atoms with Gasteiger partial charge < -0.3 is 0 Å². The first-order valence-electron chi connectivity index (χ1n) is 5.86. The Morgan fingerprint density at radius 3 is 2.00 bits per heavy atom. The molecular formula is C10H18N4O4S2. The zero-order valence-corrected chi connectivity index (χ0v) is 12.8. The Morgan fingerprint density at radius 1 is 1.05 bits per heavy atom. The Morgan fingerprint density at radius 2 is 1.55 bits per heavy atom. The smallest absolute Gasteiger partial charge is 0.271 e. The summed E-state index contributed by atoms with van der Waals surface area (Å²) in [5.41, 5.74) is 0.415. The lowest BCUT2D eigenvalue weighted by Gasteiger charge is -2.19. The number of benzene rings is 1. The van der Waals surface area contributed by atoms with Gasteiger partial charge in [0.2, 0.25) is 0 Å². The Labute approximate surface area is 119 Å². The van der Waals surface area contributed by atoms with E-state index in [-0.39, 0.29) is 11.4 Å². The third-order valence-electron chi connectivity index (χ3n) is 2.41. The molecule has 0 aliphatic carbocycles. The summed E-state index contributed by atoms with van der Waals surface area (Å²) in [5.74, 6) is 0. The van der Waals surface area contributed by atoms with Crippen LogP contribution in [0.5, 0.6) is 0 Å². The molecule has 8 nitrogen and oxygen atoms in total. The molecule has 0 radical (unpaired) electrons. The van der Waals surface area contributed by atoms with E-state index in [1.807, 2.05) is 0 Å². The number of rotatable bonds is 7. The normalized spacial score (nSPS) is 12.4. The summed E-state index contributed by atoms with van der Waals surface area (Å²) in [7, 11) is -7.56. The van der Waals surface area contributed by atoms with Gasteiger partial charge in [0, 0.05) is 13.1 Å². The van der Waals surface area contributed by atoms with Crippen molar-refractivity contribution in [2.45, 2.75) is 13.8 Å². The van der Waals surface area contributed by atoms with Gasteiger partial charge in [-0.2, -0.15) is 21.1 Å². The van der Waals surface area contributed by atoms with Crippen LogP contribution in [0.1, 0.15) is 13.8 Å². The van der Waals surface area contributed by atoms with Crippen LogP contribution in [-0.4, -0.2) is 34.2 Å². The SMILES string of the molecule is CCN(CC)S(=O)(=O)Nc1cccc(NS(N)(=O)=O)c1. The Hall–Kier alpha value is -1.36. The minimum Gasteiger partial charge on any atom is -0.271 e. The minimum absolute atomic E-state index is 0.173. The summed E-state index contributed by atoms with van der Waals surface area (Å²) in [6.45, 7) is 4.12. The molecule has 0 amide bonds. The lowest BCUT2D eigenvalue weighted by molar-refractivity contribution is 0.449. The first-order chi connectivity index (χ1) is 9.18. The van der Waals surface area contributed by atoms with Crippen LogP contribution in [0.4, 0.5) is 11.4 Å². The maximum atomic E-state index is 12.0. The molecule has 0 spiro atoms. The van der Waals surface area contributed by atoms with Crippen LogP contribution in [0.3, 0.4) is 0 Å². The maximum absolute atomic E-state index is 12.0. The topological polar surface area (TPSA) is 122 Å². The number of anilines is 2. The summed E-state index contributed by atoms with van der Waals surface area (Å²) in [6.07, 6.45) is 0. The molecule has 0 atom stereocenters. The van der Waals surface area contributed by atoms with E-state index in [0.29, 0.717) is 13.1 Å². The summed E-state index contributed by atoms with van der Waals surface area (Å²) < 4.78 is 51.5. The molecule has 0 aliphatic heterocycles. The molecule has 0 unspecified atom stereocenters. The van der Waals surface area contributed by atoms with Crippen LogP contribution in [0.15, 0.2) is 24.3 Å². The molecule has 1 aromatic carbocycles. The van der Waals surface area contributed by atoms with Gasteiger partial charge in [0.25, 0.3) is 10.2 Å². The fourth-order valence-electron chi connectivity index (χ4n) is 1.59. The van der Waals surface area contributed by atoms with Crippen molar-refractivity contribution in [1.82, 2.24) is 4.31 Å². The molecule has 1 rings (SSSR count). The second-order valence-corrected chi connectivity index (χ2v) is 6.88. The standard InChI is InChI=1S/C10H18N4O4S2/c1-3-14(4-2)20(17,18)13-10-7-5-6-9(8-10)12-19(11,15)16/h5-8,12-13H,3-4H2,1-2H3,(H2,11,15,16). The first kappa shape index (κ1) is 16.7. The highest BCUT2D eigenvalue weighted by Crippen LogP contribution is 2.17. The predicted molar refractivity (Wildman–Crippen MR) is 78.6 cm³/mol. The van der Waals surface area contributed by atoms with Crippen molar-refractivity contribution >= 4 is 31.8 Å². The average molecular weight is 322 g/mol. The molecule has 4 N–H and O–H groups in total. The van der Waals surface area contributed by atoms with Crippen molar-refractivity contribution in [2.24, 2.45) is 5.14 Å². The van der Waals surface area contributed by atoms with Crippen LogP contribution >= 0.6 is 0 Å².